The van der Waals surface area contributed by atoms with Crippen LogP contribution in [0.1, 0.15) is 18.4 Å². The van der Waals surface area contributed by atoms with Gasteiger partial charge in [-0.05, 0) is 18.9 Å². The van der Waals surface area contributed by atoms with Crippen molar-refractivity contribution in [2.45, 2.75) is 18.9 Å². The number of hydrogen-bond acceptors (Lipinski definition) is 4. The highest BCUT2D eigenvalue weighted by atomic mass is 19.1. The molecule has 1 aliphatic heterocycles. The van der Waals surface area contributed by atoms with Gasteiger partial charge in [0.25, 0.3) is 5.91 Å². The van der Waals surface area contributed by atoms with Crippen LogP contribution < -0.4 is 4.90 Å². The van der Waals surface area contributed by atoms with Crippen LogP contribution in [-0.2, 0) is 16.7 Å². The molecule has 3 rings (SSSR count). The van der Waals surface area contributed by atoms with Gasteiger partial charge in [0.1, 0.15) is 5.82 Å². The monoisotopic (exact) mass is 316 g/mol. The van der Waals surface area contributed by atoms with Crippen molar-refractivity contribution < 1.29 is 14.0 Å². The van der Waals surface area contributed by atoms with Crippen LogP contribution in [0.25, 0.3) is 0 Å². The number of carbonyl (C=O) groups is 1. The number of piperidine rings is 1. The lowest BCUT2D eigenvalue weighted by atomic mass is 10.1. The van der Waals surface area contributed by atoms with Crippen LogP contribution in [0.3, 0.4) is 0 Å². The Morgan fingerprint density at radius 1 is 1.39 bits per heavy atom. The van der Waals surface area contributed by atoms with Gasteiger partial charge >= 0.3 is 0 Å². The second-order valence-corrected chi connectivity index (χ2v) is 5.33. The van der Waals surface area contributed by atoms with E-state index >= 15 is 0 Å². The van der Waals surface area contributed by atoms with Crippen LogP contribution in [0.15, 0.2) is 41.7 Å². The fourth-order valence-electron chi connectivity index (χ4n) is 2.45. The first-order valence-electron chi connectivity index (χ1n) is 7.40. The summed E-state index contributed by atoms with van der Waals surface area (Å²) in [6.45, 7) is 0.604. The predicted molar refractivity (Wildman–Crippen MR) is 83.7 cm³/mol. The second kappa shape index (κ2) is 6.60. The molecule has 1 saturated heterocycles. The maximum absolute atomic E-state index is 13.5. The van der Waals surface area contributed by atoms with E-state index < -0.39 is 6.10 Å². The summed E-state index contributed by atoms with van der Waals surface area (Å²) >= 11 is 0. The summed E-state index contributed by atoms with van der Waals surface area (Å²) in [4.78, 5) is 19.3. The zero-order valence-corrected chi connectivity index (χ0v) is 12.7. The number of oxime groups is 1. The summed E-state index contributed by atoms with van der Waals surface area (Å²) in [6, 6.07) is 8.02. The lowest BCUT2D eigenvalue weighted by Gasteiger charge is -2.29. The molecular weight excluding hydrogens is 299 g/mol. The molecule has 0 saturated carbocycles. The maximum Gasteiger partial charge on any atom is 0.272 e. The van der Waals surface area contributed by atoms with Gasteiger partial charge in [0, 0.05) is 31.4 Å². The highest BCUT2D eigenvalue weighted by Crippen LogP contribution is 2.21. The van der Waals surface area contributed by atoms with Gasteiger partial charge in [-0.15, -0.1) is 0 Å². The number of hydrogen-bond donors (Lipinski definition) is 0. The molecule has 7 heteroatoms. The van der Waals surface area contributed by atoms with E-state index in [0.29, 0.717) is 24.3 Å². The largest absolute Gasteiger partial charge is 0.382 e. The number of rotatable bonds is 4. The minimum atomic E-state index is -0.672. The Hall–Kier alpha value is -2.70. The van der Waals surface area contributed by atoms with Gasteiger partial charge in [-0.1, -0.05) is 23.4 Å². The zero-order valence-electron chi connectivity index (χ0n) is 12.7. The molecular formula is C16H17FN4O2. The third-order valence-electron chi connectivity index (χ3n) is 3.65. The Labute approximate surface area is 133 Å². The Balaban J connectivity index is 1.66. The second-order valence-electron chi connectivity index (χ2n) is 5.33. The molecule has 1 unspecified atom stereocenters. The molecule has 2 heterocycles. The maximum atomic E-state index is 13.5. The van der Waals surface area contributed by atoms with Crippen LogP contribution in [-0.4, -0.2) is 34.6 Å². The molecule has 1 aromatic carbocycles. The molecule has 6 nitrogen and oxygen atoms in total. The van der Waals surface area contributed by atoms with Crippen LogP contribution in [0.4, 0.5) is 10.2 Å². The number of anilines is 1. The number of aryl methyl sites for hydroxylation is 1. The summed E-state index contributed by atoms with van der Waals surface area (Å²) < 4.78 is 15.1. The molecule has 1 aliphatic rings. The molecule has 0 bridgehead atoms. The summed E-state index contributed by atoms with van der Waals surface area (Å²) in [5.41, 5.74) is 0.317. The zero-order chi connectivity index (χ0) is 16.2. The Kier molecular flexibility index (Phi) is 4.36. The highest BCUT2D eigenvalue weighted by Gasteiger charge is 2.32. The molecule has 0 spiro atoms. The molecule has 120 valence electrons. The lowest BCUT2D eigenvalue weighted by molar-refractivity contribution is -0.132. The third kappa shape index (κ3) is 3.39. The summed E-state index contributed by atoms with van der Waals surface area (Å²) in [5.74, 6) is 0.0365. The quantitative estimate of drug-likeness (QED) is 0.641. The minimum Gasteiger partial charge on any atom is -0.382 e. The van der Waals surface area contributed by atoms with E-state index in [4.69, 9.17) is 4.84 Å². The van der Waals surface area contributed by atoms with Gasteiger partial charge in [-0.3, -0.25) is 14.4 Å². The van der Waals surface area contributed by atoms with Crippen molar-refractivity contribution in [2.75, 3.05) is 11.4 Å². The lowest BCUT2D eigenvalue weighted by Crippen LogP contribution is -2.45. The van der Waals surface area contributed by atoms with E-state index in [-0.39, 0.29) is 11.7 Å². The van der Waals surface area contributed by atoms with E-state index in [1.54, 1.807) is 47.1 Å². The first-order chi connectivity index (χ1) is 11.1. The highest BCUT2D eigenvalue weighted by molar-refractivity contribution is 5.96. The number of aromatic nitrogens is 2. The molecule has 1 aromatic heterocycles. The molecule has 0 N–H and O–H groups in total. The average Bonchev–Trinajstić information content (AvgIpc) is 2.97. The Morgan fingerprint density at radius 3 is 2.96 bits per heavy atom. The van der Waals surface area contributed by atoms with Crippen LogP contribution in [0, 0.1) is 5.82 Å². The van der Waals surface area contributed by atoms with Crippen molar-refractivity contribution in [2.24, 2.45) is 12.2 Å². The molecule has 2 aromatic rings. The van der Waals surface area contributed by atoms with Gasteiger partial charge in [0.15, 0.2) is 5.82 Å². The minimum absolute atomic E-state index is 0.180. The van der Waals surface area contributed by atoms with Gasteiger partial charge in [0.05, 0.1) is 6.21 Å². The normalized spacial score (nSPS) is 18.6. The standard InChI is InChI=1S/C16H17FN4O2/c1-20-10-8-15(19-20)21-9-4-7-14(16(21)22)23-18-11-12-5-2-3-6-13(12)17/h2-3,5-6,8,10-11,14H,4,7,9H2,1H3/b18-11+. The molecule has 0 radical (unpaired) electrons. The Morgan fingerprint density at radius 2 is 2.22 bits per heavy atom. The summed E-state index contributed by atoms with van der Waals surface area (Å²) in [5, 5.41) is 8.01. The van der Waals surface area contributed by atoms with E-state index in [1.165, 1.54) is 12.3 Å². The Bertz CT molecular complexity index is 728. The van der Waals surface area contributed by atoms with E-state index in [0.717, 1.165) is 6.42 Å². The molecule has 23 heavy (non-hydrogen) atoms. The first-order valence-corrected chi connectivity index (χ1v) is 7.40. The van der Waals surface area contributed by atoms with Gasteiger partial charge in [-0.2, -0.15) is 5.10 Å². The van der Waals surface area contributed by atoms with Crippen LogP contribution in [0.2, 0.25) is 0 Å². The van der Waals surface area contributed by atoms with Crippen LogP contribution >= 0.6 is 0 Å². The van der Waals surface area contributed by atoms with Gasteiger partial charge in [0.2, 0.25) is 6.10 Å². The summed E-state index contributed by atoms with van der Waals surface area (Å²) in [7, 11) is 1.80. The molecule has 1 amide bonds. The number of nitrogens with zero attached hydrogens (tertiary/aromatic N) is 4. The third-order valence-corrected chi connectivity index (χ3v) is 3.65. The number of halogens is 1. The number of carbonyl (C=O) groups excluding carboxylic acids is 1. The van der Waals surface area contributed by atoms with E-state index in [2.05, 4.69) is 10.3 Å². The van der Waals surface area contributed by atoms with Crippen molar-refractivity contribution in [1.82, 2.24) is 9.78 Å². The van der Waals surface area contributed by atoms with E-state index in [1.807, 2.05) is 0 Å². The van der Waals surface area contributed by atoms with Gasteiger partial charge in [-0.25, -0.2) is 4.39 Å². The SMILES string of the molecule is Cn1ccc(N2CCCC(O/N=C/c3ccccc3F)C2=O)n1. The predicted octanol–water partition coefficient (Wildman–Crippen LogP) is 2.11. The van der Waals surface area contributed by atoms with Crippen molar-refractivity contribution in [3.05, 3.63) is 47.9 Å². The van der Waals surface area contributed by atoms with Crippen molar-refractivity contribution in [3.8, 4) is 0 Å². The smallest absolute Gasteiger partial charge is 0.272 e. The topological polar surface area (TPSA) is 59.7 Å². The summed E-state index contributed by atoms with van der Waals surface area (Å²) in [6.07, 6.45) is 3.76. The fourth-order valence-corrected chi connectivity index (χ4v) is 2.45. The molecule has 1 atom stereocenters. The van der Waals surface area contributed by atoms with E-state index in [9.17, 15) is 9.18 Å². The van der Waals surface area contributed by atoms with Gasteiger partial charge < -0.3 is 4.84 Å². The molecule has 1 fully saturated rings. The van der Waals surface area contributed by atoms with Crippen molar-refractivity contribution in [3.63, 3.8) is 0 Å². The molecule has 0 aliphatic carbocycles. The van der Waals surface area contributed by atoms with Crippen molar-refractivity contribution >= 4 is 17.9 Å². The number of benzene rings is 1. The van der Waals surface area contributed by atoms with Crippen molar-refractivity contribution in [1.29, 1.82) is 0 Å². The number of amides is 1. The van der Waals surface area contributed by atoms with Crippen LogP contribution in [0.5, 0.6) is 0 Å². The fraction of sp³-hybridized carbons (Fsp3) is 0.312. The average molecular weight is 316 g/mol. The first kappa shape index (κ1) is 15.2.